The summed E-state index contributed by atoms with van der Waals surface area (Å²) >= 11 is -3.17. The molecule has 94 valence electrons. The predicted octanol–water partition coefficient (Wildman–Crippen LogP) is 4.90. The van der Waals surface area contributed by atoms with Gasteiger partial charge in [0, 0.05) is 12.4 Å². The third kappa shape index (κ3) is 7.92. The summed E-state index contributed by atoms with van der Waals surface area (Å²) in [6.07, 6.45) is 3.54. The van der Waals surface area contributed by atoms with Crippen LogP contribution in [0.1, 0.15) is 0 Å². The van der Waals surface area contributed by atoms with E-state index >= 15 is 0 Å². The molecule has 0 fully saturated rings. The molecular formula is C10H8Cl4N2Os. The molecule has 0 saturated heterocycles. The molecule has 0 saturated carbocycles. The molecule has 0 spiro atoms. The van der Waals surface area contributed by atoms with Crippen molar-refractivity contribution >= 4 is 38.6 Å². The second-order valence-corrected chi connectivity index (χ2v) is 24.8. The molecule has 0 amide bonds. The zero-order valence-corrected chi connectivity index (χ0v) is 13.9. The maximum atomic E-state index is 5.02. The Bertz CT molecular complexity index is 390. The van der Waals surface area contributed by atoms with Gasteiger partial charge in [0.1, 0.15) is 0 Å². The molecule has 2 aromatic heterocycles. The van der Waals surface area contributed by atoms with E-state index in [2.05, 4.69) is 9.97 Å². The Morgan fingerprint density at radius 2 is 1.06 bits per heavy atom. The maximum Gasteiger partial charge on any atom is 0.0886 e. The smallest absolute Gasteiger partial charge is 0.0886 e. The van der Waals surface area contributed by atoms with Gasteiger partial charge in [-0.1, -0.05) is 12.1 Å². The number of pyridine rings is 2. The summed E-state index contributed by atoms with van der Waals surface area (Å²) in [5.41, 5.74) is 1.83. The van der Waals surface area contributed by atoms with Gasteiger partial charge >= 0.3 is 49.6 Å². The number of hydrogen-bond donors (Lipinski definition) is 0. The monoisotopic (exact) mass is 488 g/mol. The zero-order chi connectivity index (χ0) is 12.7. The molecule has 0 radical (unpaired) electrons. The minimum atomic E-state index is -3.17. The Morgan fingerprint density at radius 1 is 0.706 bits per heavy atom. The van der Waals surface area contributed by atoms with E-state index in [1.54, 1.807) is 12.4 Å². The standard InChI is InChI=1S/C10H8N2.4ClH.Os/c1-3-7-11-9(5-1)10-6-2-4-8-12-10;;;;;/h1-8H;4*1H;/q;;;;;+4/p-4. The van der Waals surface area contributed by atoms with Gasteiger partial charge < -0.3 is 0 Å². The molecule has 17 heavy (non-hydrogen) atoms. The van der Waals surface area contributed by atoms with Crippen molar-refractivity contribution in [2.45, 2.75) is 0 Å². The Balaban J connectivity index is 0.000000249. The van der Waals surface area contributed by atoms with Gasteiger partial charge in [-0.25, -0.2) is 0 Å². The van der Waals surface area contributed by atoms with E-state index < -0.39 is 11.0 Å². The second-order valence-electron chi connectivity index (χ2n) is 2.73. The summed E-state index contributed by atoms with van der Waals surface area (Å²) in [6.45, 7) is 0. The molecule has 0 aromatic carbocycles. The fourth-order valence-electron chi connectivity index (χ4n) is 1.03. The van der Waals surface area contributed by atoms with E-state index in [1.807, 2.05) is 36.4 Å². The van der Waals surface area contributed by atoms with Gasteiger partial charge in [-0.3, -0.25) is 9.97 Å². The van der Waals surface area contributed by atoms with Crippen LogP contribution in [0, 0.1) is 0 Å². The summed E-state index contributed by atoms with van der Waals surface area (Å²) in [7, 11) is 20.1. The first-order chi connectivity index (χ1) is 7.97. The van der Waals surface area contributed by atoms with Crippen molar-refractivity contribution in [1.82, 2.24) is 9.97 Å². The SMILES string of the molecule is [Cl][Os]([Cl])([Cl])[Cl].c1ccc(-c2ccccn2)nc1. The normalized spacial score (nSPS) is 11.3. The minimum Gasteiger partial charge on any atom is -0.255 e. The molecule has 0 unspecified atom stereocenters. The largest absolute Gasteiger partial charge is 0.255 e. The van der Waals surface area contributed by atoms with Crippen LogP contribution in [0.25, 0.3) is 11.4 Å². The summed E-state index contributed by atoms with van der Waals surface area (Å²) in [5.74, 6) is 0. The van der Waals surface area contributed by atoms with Crippen LogP contribution in [0.3, 0.4) is 0 Å². The average Bonchev–Trinajstić information content (AvgIpc) is 2.29. The molecule has 7 heteroatoms. The molecule has 2 heterocycles. The molecule has 0 bridgehead atoms. The Morgan fingerprint density at radius 3 is 1.29 bits per heavy atom. The van der Waals surface area contributed by atoms with Crippen LogP contribution < -0.4 is 0 Å². The van der Waals surface area contributed by atoms with Crippen molar-refractivity contribution in [3.8, 4) is 11.4 Å². The molecule has 0 atom stereocenters. The van der Waals surface area contributed by atoms with Gasteiger partial charge in [-0.2, -0.15) is 0 Å². The van der Waals surface area contributed by atoms with Gasteiger partial charge in [0.25, 0.3) is 0 Å². The van der Waals surface area contributed by atoms with Crippen molar-refractivity contribution < 1.29 is 11.0 Å². The molecule has 0 aliphatic carbocycles. The summed E-state index contributed by atoms with van der Waals surface area (Å²) in [6, 6.07) is 11.6. The van der Waals surface area contributed by atoms with Gasteiger partial charge in [0.15, 0.2) is 0 Å². The van der Waals surface area contributed by atoms with Crippen molar-refractivity contribution in [2.75, 3.05) is 0 Å². The number of halogens is 4. The van der Waals surface area contributed by atoms with Crippen LogP contribution in [0.15, 0.2) is 48.8 Å². The van der Waals surface area contributed by atoms with Gasteiger partial charge in [0.05, 0.1) is 11.4 Å². The fraction of sp³-hybridized carbons (Fsp3) is 0. The molecular weight excluding hydrogens is 480 g/mol. The topological polar surface area (TPSA) is 25.8 Å². The average molecular weight is 488 g/mol. The van der Waals surface area contributed by atoms with Crippen LogP contribution in [0.2, 0.25) is 0 Å². The van der Waals surface area contributed by atoms with Crippen molar-refractivity contribution in [1.29, 1.82) is 0 Å². The van der Waals surface area contributed by atoms with Gasteiger partial charge in [0.2, 0.25) is 0 Å². The van der Waals surface area contributed by atoms with Crippen LogP contribution in [-0.2, 0) is 11.0 Å². The van der Waals surface area contributed by atoms with E-state index in [0.717, 1.165) is 11.4 Å². The second kappa shape index (κ2) is 7.51. The minimum absolute atomic E-state index is 0.915. The summed E-state index contributed by atoms with van der Waals surface area (Å²) < 4.78 is 0. The summed E-state index contributed by atoms with van der Waals surface area (Å²) in [5, 5.41) is 0. The number of rotatable bonds is 1. The van der Waals surface area contributed by atoms with E-state index in [4.69, 9.17) is 38.6 Å². The molecule has 2 aromatic rings. The van der Waals surface area contributed by atoms with Crippen LogP contribution in [0.4, 0.5) is 0 Å². The van der Waals surface area contributed by atoms with Crippen molar-refractivity contribution in [3.63, 3.8) is 0 Å². The Kier molecular flexibility index (Phi) is 6.70. The van der Waals surface area contributed by atoms with Crippen LogP contribution in [0.5, 0.6) is 0 Å². The van der Waals surface area contributed by atoms with Crippen molar-refractivity contribution in [2.24, 2.45) is 0 Å². The fourth-order valence-corrected chi connectivity index (χ4v) is 1.03. The van der Waals surface area contributed by atoms with E-state index in [-0.39, 0.29) is 0 Å². The molecule has 2 rings (SSSR count). The third-order valence-corrected chi connectivity index (χ3v) is 1.59. The number of hydrogen-bond acceptors (Lipinski definition) is 2. The summed E-state index contributed by atoms with van der Waals surface area (Å²) in [4.78, 5) is 8.37. The van der Waals surface area contributed by atoms with E-state index in [1.165, 1.54) is 0 Å². The Labute approximate surface area is 119 Å². The van der Waals surface area contributed by atoms with Gasteiger partial charge in [-0.05, 0) is 24.3 Å². The Hall–Kier alpha value is 0.0964. The van der Waals surface area contributed by atoms with Gasteiger partial charge in [-0.15, -0.1) is 0 Å². The van der Waals surface area contributed by atoms with Crippen molar-refractivity contribution in [3.05, 3.63) is 48.8 Å². The van der Waals surface area contributed by atoms with E-state index in [9.17, 15) is 0 Å². The first-order valence-electron chi connectivity index (χ1n) is 4.33. The van der Waals surface area contributed by atoms with Crippen LogP contribution >= 0.6 is 38.6 Å². The third-order valence-electron chi connectivity index (χ3n) is 1.59. The molecule has 0 aliphatic heterocycles. The zero-order valence-electron chi connectivity index (χ0n) is 8.38. The predicted molar refractivity (Wildman–Crippen MR) is 70.9 cm³/mol. The first-order valence-corrected chi connectivity index (χ1v) is 16.9. The quantitative estimate of drug-likeness (QED) is 0.571. The first kappa shape index (κ1) is 15.2. The molecule has 2 nitrogen and oxygen atoms in total. The van der Waals surface area contributed by atoms with E-state index in [0.29, 0.717) is 0 Å². The van der Waals surface area contributed by atoms with Crippen LogP contribution in [-0.4, -0.2) is 9.97 Å². The number of nitrogens with zero attached hydrogens (tertiary/aromatic N) is 2. The number of aromatic nitrogens is 2. The maximum absolute atomic E-state index is 5.02. The molecule has 0 aliphatic rings. The molecule has 0 N–H and O–H groups in total.